The highest BCUT2D eigenvalue weighted by atomic mass is 16.3. The lowest BCUT2D eigenvalue weighted by molar-refractivity contribution is -0.123. The summed E-state index contributed by atoms with van der Waals surface area (Å²) in [5.41, 5.74) is 0. The van der Waals surface area contributed by atoms with Crippen molar-refractivity contribution in [1.29, 1.82) is 0 Å². The van der Waals surface area contributed by atoms with Gasteiger partial charge in [-0.1, -0.05) is 52.4 Å². The second-order valence-corrected chi connectivity index (χ2v) is 5.23. The number of rotatable bonds is 12. The Labute approximate surface area is 117 Å². The molecule has 0 fully saturated rings. The molecular formula is C15H31NO3. The highest BCUT2D eigenvalue weighted by molar-refractivity contribution is 5.76. The van der Waals surface area contributed by atoms with Gasteiger partial charge >= 0.3 is 0 Å². The Morgan fingerprint density at radius 1 is 1.05 bits per heavy atom. The number of unbranched alkanes of at least 4 members (excludes halogenated alkanes) is 5. The molecule has 3 N–H and O–H groups in total. The van der Waals surface area contributed by atoms with Crippen LogP contribution in [0.4, 0.5) is 0 Å². The van der Waals surface area contributed by atoms with E-state index in [1.807, 2.05) is 6.92 Å². The summed E-state index contributed by atoms with van der Waals surface area (Å²) in [7, 11) is 0. The topological polar surface area (TPSA) is 69.6 Å². The molecule has 0 aromatic heterocycles. The molecule has 114 valence electrons. The lowest BCUT2D eigenvalue weighted by Gasteiger charge is -2.22. The number of carbonyl (C=O) groups excluding carboxylic acids is 1. The number of carbonyl (C=O) groups is 1. The van der Waals surface area contributed by atoms with Crippen molar-refractivity contribution in [2.45, 2.75) is 83.8 Å². The molecule has 2 atom stereocenters. The lowest BCUT2D eigenvalue weighted by atomic mass is 10.0. The minimum atomic E-state index is -0.641. The standard InChI is InChI=1S/C15H31NO3/c1-3-5-7-8-9-10-14(18)13(12-17)16-15(19)11-6-4-2/h13-14,17-18H,3-12H2,1-2H3,(H,16,19). The third-order valence-corrected chi connectivity index (χ3v) is 3.37. The zero-order valence-electron chi connectivity index (χ0n) is 12.5. The van der Waals surface area contributed by atoms with Crippen LogP contribution in [0.15, 0.2) is 0 Å². The highest BCUT2D eigenvalue weighted by Gasteiger charge is 2.19. The van der Waals surface area contributed by atoms with Crippen LogP contribution in [0.25, 0.3) is 0 Å². The average Bonchev–Trinajstić information content (AvgIpc) is 2.41. The Hall–Kier alpha value is -0.610. The fourth-order valence-corrected chi connectivity index (χ4v) is 2.04. The molecular weight excluding hydrogens is 242 g/mol. The molecule has 0 bridgehead atoms. The Morgan fingerprint density at radius 2 is 1.68 bits per heavy atom. The van der Waals surface area contributed by atoms with Crippen molar-refractivity contribution in [3.63, 3.8) is 0 Å². The van der Waals surface area contributed by atoms with Crippen LogP contribution in [-0.4, -0.2) is 34.9 Å². The van der Waals surface area contributed by atoms with Crippen molar-refractivity contribution >= 4 is 5.91 Å². The fraction of sp³-hybridized carbons (Fsp3) is 0.933. The number of amides is 1. The largest absolute Gasteiger partial charge is 0.394 e. The van der Waals surface area contributed by atoms with Gasteiger partial charge in [-0.25, -0.2) is 0 Å². The molecule has 1 amide bonds. The third kappa shape index (κ3) is 9.91. The quantitative estimate of drug-likeness (QED) is 0.478. The van der Waals surface area contributed by atoms with E-state index in [1.54, 1.807) is 0 Å². The summed E-state index contributed by atoms with van der Waals surface area (Å²) in [4.78, 5) is 11.6. The number of aliphatic hydroxyl groups excluding tert-OH is 2. The van der Waals surface area contributed by atoms with E-state index in [9.17, 15) is 15.0 Å². The number of hydrogen-bond acceptors (Lipinski definition) is 3. The molecule has 0 aliphatic rings. The van der Waals surface area contributed by atoms with E-state index in [0.29, 0.717) is 12.8 Å². The molecule has 4 nitrogen and oxygen atoms in total. The molecule has 2 unspecified atom stereocenters. The van der Waals surface area contributed by atoms with Gasteiger partial charge in [0, 0.05) is 6.42 Å². The van der Waals surface area contributed by atoms with Crippen LogP contribution in [0.5, 0.6) is 0 Å². The van der Waals surface area contributed by atoms with E-state index in [-0.39, 0.29) is 12.5 Å². The number of hydrogen-bond donors (Lipinski definition) is 3. The van der Waals surface area contributed by atoms with Gasteiger partial charge in [-0.15, -0.1) is 0 Å². The molecule has 4 heteroatoms. The Bertz CT molecular complexity index is 221. The summed E-state index contributed by atoms with van der Waals surface area (Å²) in [5, 5.41) is 21.9. The monoisotopic (exact) mass is 273 g/mol. The minimum Gasteiger partial charge on any atom is -0.394 e. The highest BCUT2D eigenvalue weighted by Crippen LogP contribution is 2.09. The minimum absolute atomic E-state index is 0.0778. The third-order valence-electron chi connectivity index (χ3n) is 3.37. The van der Waals surface area contributed by atoms with Crippen LogP contribution in [0.1, 0.15) is 71.6 Å². The van der Waals surface area contributed by atoms with Crippen molar-refractivity contribution in [2.24, 2.45) is 0 Å². The van der Waals surface area contributed by atoms with E-state index in [1.165, 1.54) is 19.3 Å². The first-order valence-corrected chi connectivity index (χ1v) is 7.73. The van der Waals surface area contributed by atoms with Crippen LogP contribution >= 0.6 is 0 Å². The van der Waals surface area contributed by atoms with Gasteiger partial charge in [0.25, 0.3) is 0 Å². The van der Waals surface area contributed by atoms with Gasteiger partial charge in [-0.05, 0) is 12.8 Å². The van der Waals surface area contributed by atoms with Gasteiger partial charge in [-0.2, -0.15) is 0 Å². The van der Waals surface area contributed by atoms with Gasteiger partial charge in [-0.3, -0.25) is 4.79 Å². The summed E-state index contributed by atoms with van der Waals surface area (Å²) < 4.78 is 0. The predicted octanol–water partition coefficient (Wildman–Crippen LogP) is 2.38. The molecule has 0 rings (SSSR count). The predicted molar refractivity (Wildman–Crippen MR) is 77.9 cm³/mol. The maximum absolute atomic E-state index is 11.6. The van der Waals surface area contributed by atoms with Crippen molar-refractivity contribution in [3.8, 4) is 0 Å². The van der Waals surface area contributed by atoms with E-state index in [0.717, 1.165) is 25.7 Å². The first-order valence-electron chi connectivity index (χ1n) is 7.73. The van der Waals surface area contributed by atoms with Crippen molar-refractivity contribution in [2.75, 3.05) is 6.61 Å². The van der Waals surface area contributed by atoms with Crippen molar-refractivity contribution in [3.05, 3.63) is 0 Å². The molecule has 0 heterocycles. The van der Waals surface area contributed by atoms with Crippen LogP contribution in [0, 0.1) is 0 Å². The molecule has 0 aliphatic heterocycles. The maximum atomic E-state index is 11.6. The molecule has 0 saturated carbocycles. The first-order chi connectivity index (χ1) is 9.15. The zero-order valence-corrected chi connectivity index (χ0v) is 12.5. The fourth-order valence-electron chi connectivity index (χ4n) is 2.04. The number of nitrogens with one attached hydrogen (secondary N) is 1. The Balaban J connectivity index is 3.83. The summed E-state index contributed by atoms with van der Waals surface area (Å²) in [6, 6.07) is -0.518. The zero-order chi connectivity index (χ0) is 14.5. The average molecular weight is 273 g/mol. The molecule has 0 saturated heterocycles. The SMILES string of the molecule is CCCCCCCC(O)C(CO)NC(=O)CCCC. The smallest absolute Gasteiger partial charge is 0.220 e. The molecule has 0 spiro atoms. The maximum Gasteiger partial charge on any atom is 0.220 e. The second kappa shape index (κ2) is 12.4. The number of aliphatic hydroxyl groups is 2. The van der Waals surface area contributed by atoms with Crippen LogP contribution < -0.4 is 5.32 Å². The van der Waals surface area contributed by atoms with Crippen LogP contribution in [0.2, 0.25) is 0 Å². The van der Waals surface area contributed by atoms with E-state index in [4.69, 9.17) is 0 Å². The van der Waals surface area contributed by atoms with Crippen LogP contribution in [-0.2, 0) is 4.79 Å². The summed E-state index contributed by atoms with van der Waals surface area (Å²) in [5.74, 6) is -0.0778. The van der Waals surface area contributed by atoms with Gasteiger partial charge in [0.1, 0.15) is 0 Å². The van der Waals surface area contributed by atoms with E-state index >= 15 is 0 Å². The van der Waals surface area contributed by atoms with Gasteiger partial charge in [0.2, 0.25) is 5.91 Å². The normalized spacial score (nSPS) is 14.1. The Morgan fingerprint density at radius 3 is 2.26 bits per heavy atom. The second-order valence-electron chi connectivity index (χ2n) is 5.23. The molecule has 0 aromatic rings. The van der Waals surface area contributed by atoms with Crippen molar-refractivity contribution < 1.29 is 15.0 Å². The van der Waals surface area contributed by atoms with Crippen LogP contribution in [0.3, 0.4) is 0 Å². The van der Waals surface area contributed by atoms with Crippen molar-refractivity contribution in [1.82, 2.24) is 5.32 Å². The van der Waals surface area contributed by atoms with E-state index in [2.05, 4.69) is 12.2 Å². The molecule has 19 heavy (non-hydrogen) atoms. The summed E-state index contributed by atoms with van der Waals surface area (Å²) in [6.07, 6.45) is 7.96. The van der Waals surface area contributed by atoms with Gasteiger partial charge in [0.15, 0.2) is 0 Å². The van der Waals surface area contributed by atoms with Gasteiger partial charge < -0.3 is 15.5 Å². The first kappa shape index (κ1) is 18.4. The summed E-state index contributed by atoms with van der Waals surface area (Å²) in [6.45, 7) is 4.00. The Kier molecular flexibility index (Phi) is 12.0. The summed E-state index contributed by atoms with van der Waals surface area (Å²) >= 11 is 0. The molecule has 0 aliphatic carbocycles. The van der Waals surface area contributed by atoms with Gasteiger partial charge in [0.05, 0.1) is 18.8 Å². The lowest BCUT2D eigenvalue weighted by Crippen LogP contribution is -2.45. The molecule has 0 radical (unpaired) electrons. The van der Waals surface area contributed by atoms with E-state index < -0.39 is 12.1 Å². The molecule has 0 aromatic carbocycles.